The highest BCUT2D eigenvalue weighted by Crippen LogP contribution is 2.27. The maximum atomic E-state index is 12.1. The Balaban J connectivity index is 1.71. The number of carbonyl (C=O) groups excluding carboxylic acids is 1. The molecule has 1 amide bonds. The molecule has 0 aliphatic carbocycles. The fourth-order valence-electron chi connectivity index (χ4n) is 3.64. The number of amides is 1. The summed E-state index contributed by atoms with van der Waals surface area (Å²) in [4.78, 5) is 14.5. The second-order valence-corrected chi connectivity index (χ2v) is 6.52. The third-order valence-electron chi connectivity index (χ3n) is 4.71. The van der Waals surface area contributed by atoms with Crippen molar-refractivity contribution in [1.82, 2.24) is 21.1 Å². The van der Waals surface area contributed by atoms with Crippen molar-refractivity contribution in [3.63, 3.8) is 0 Å². The van der Waals surface area contributed by atoms with E-state index in [1.54, 1.807) is 7.05 Å². The molecule has 0 saturated carbocycles. The van der Waals surface area contributed by atoms with Crippen LogP contribution in [-0.2, 0) is 11.3 Å². The lowest BCUT2D eigenvalue weighted by molar-refractivity contribution is -0.124. The SMILES string of the molecule is CNC(=O)C1CNNC1C1CCCN1Cc1cccc(Cl)c1. The molecule has 2 fully saturated rings. The normalized spacial score (nSPS) is 28.9. The molecule has 6 heteroatoms. The molecule has 0 aromatic heterocycles. The quantitative estimate of drug-likeness (QED) is 0.778. The molecule has 1 aromatic carbocycles. The lowest BCUT2D eigenvalue weighted by atomic mass is 9.92. The molecule has 2 aliphatic heterocycles. The molecule has 0 bridgehead atoms. The van der Waals surface area contributed by atoms with Crippen molar-refractivity contribution < 1.29 is 4.79 Å². The average Bonchev–Trinajstić information content (AvgIpc) is 3.14. The number of hydrogen-bond acceptors (Lipinski definition) is 4. The van der Waals surface area contributed by atoms with E-state index in [9.17, 15) is 4.79 Å². The largest absolute Gasteiger partial charge is 0.359 e. The maximum Gasteiger partial charge on any atom is 0.225 e. The highest BCUT2D eigenvalue weighted by atomic mass is 35.5. The zero-order valence-corrected chi connectivity index (χ0v) is 13.6. The zero-order valence-electron chi connectivity index (χ0n) is 12.8. The number of hydrogen-bond donors (Lipinski definition) is 3. The minimum atomic E-state index is -0.0186. The second-order valence-electron chi connectivity index (χ2n) is 6.08. The predicted octanol–water partition coefficient (Wildman–Crippen LogP) is 1.14. The Labute approximate surface area is 136 Å². The second kappa shape index (κ2) is 6.96. The fourth-order valence-corrected chi connectivity index (χ4v) is 3.86. The fraction of sp³-hybridized carbons (Fsp3) is 0.562. The first kappa shape index (κ1) is 15.7. The van der Waals surface area contributed by atoms with Gasteiger partial charge >= 0.3 is 0 Å². The van der Waals surface area contributed by atoms with Crippen molar-refractivity contribution in [1.29, 1.82) is 0 Å². The Morgan fingerprint density at radius 2 is 2.36 bits per heavy atom. The third-order valence-corrected chi connectivity index (χ3v) is 4.95. The summed E-state index contributed by atoms with van der Waals surface area (Å²) in [6.45, 7) is 2.63. The first-order chi connectivity index (χ1) is 10.7. The van der Waals surface area contributed by atoms with E-state index in [0.717, 1.165) is 24.5 Å². The topological polar surface area (TPSA) is 56.4 Å². The Morgan fingerprint density at radius 1 is 1.50 bits per heavy atom. The summed E-state index contributed by atoms with van der Waals surface area (Å²) >= 11 is 6.08. The number of nitrogens with one attached hydrogen (secondary N) is 3. The first-order valence-electron chi connectivity index (χ1n) is 7.87. The van der Waals surface area contributed by atoms with E-state index in [1.807, 2.05) is 18.2 Å². The highest BCUT2D eigenvalue weighted by molar-refractivity contribution is 6.30. The van der Waals surface area contributed by atoms with Crippen LogP contribution in [0.25, 0.3) is 0 Å². The van der Waals surface area contributed by atoms with Crippen LogP contribution in [-0.4, -0.2) is 43.0 Å². The standard InChI is InChI=1S/C16H23ClN4O/c1-18-16(22)13-9-19-20-15(13)14-6-3-7-21(14)10-11-4-2-5-12(17)8-11/h2,4-5,8,13-15,19-20H,3,6-7,9-10H2,1H3,(H,18,22). The molecule has 1 aromatic rings. The van der Waals surface area contributed by atoms with Gasteiger partial charge in [-0.05, 0) is 37.1 Å². The van der Waals surface area contributed by atoms with E-state index in [-0.39, 0.29) is 17.9 Å². The van der Waals surface area contributed by atoms with Gasteiger partial charge in [-0.25, -0.2) is 0 Å². The highest BCUT2D eigenvalue weighted by Gasteiger charge is 2.41. The third kappa shape index (κ3) is 3.27. The van der Waals surface area contributed by atoms with Crippen LogP contribution in [0.1, 0.15) is 18.4 Å². The van der Waals surface area contributed by atoms with Gasteiger partial charge in [0.1, 0.15) is 0 Å². The summed E-state index contributed by atoms with van der Waals surface area (Å²) in [5, 5.41) is 3.55. The van der Waals surface area contributed by atoms with Crippen LogP contribution in [0.2, 0.25) is 5.02 Å². The van der Waals surface area contributed by atoms with Gasteiger partial charge in [0, 0.05) is 37.2 Å². The summed E-state index contributed by atoms with van der Waals surface area (Å²) in [5.74, 6) is 0.0899. The molecular formula is C16H23ClN4O. The Morgan fingerprint density at radius 3 is 3.14 bits per heavy atom. The van der Waals surface area contributed by atoms with Crippen LogP contribution in [0.3, 0.4) is 0 Å². The number of nitrogens with zero attached hydrogens (tertiary/aromatic N) is 1. The molecule has 120 valence electrons. The Hall–Kier alpha value is -1.14. The van der Waals surface area contributed by atoms with Crippen molar-refractivity contribution in [2.45, 2.75) is 31.5 Å². The number of halogens is 1. The molecule has 2 saturated heterocycles. The Bertz CT molecular complexity index is 539. The molecular weight excluding hydrogens is 300 g/mol. The molecule has 5 nitrogen and oxygen atoms in total. The van der Waals surface area contributed by atoms with Gasteiger partial charge < -0.3 is 5.32 Å². The van der Waals surface area contributed by atoms with Gasteiger partial charge in [-0.1, -0.05) is 23.7 Å². The lowest BCUT2D eigenvalue weighted by Crippen LogP contribution is -2.50. The molecule has 0 radical (unpaired) electrons. The number of carbonyl (C=O) groups is 1. The molecule has 3 unspecified atom stereocenters. The molecule has 0 spiro atoms. The van der Waals surface area contributed by atoms with Gasteiger partial charge in [-0.15, -0.1) is 0 Å². The van der Waals surface area contributed by atoms with E-state index >= 15 is 0 Å². The monoisotopic (exact) mass is 322 g/mol. The molecule has 3 rings (SSSR count). The molecule has 3 atom stereocenters. The molecule has 2 heterocycles. The first-order valence-corrected chi connectivity index (χ1v) is 8.25. The Kier molecular flexibility index (Phi) is 4.98. The van der Waals surface area contributed by atoms with Gasteiger partial charge in [0.2, 0.25) is 5.91 Å². The number of rotatable bonds is 4. The maximum absolute atomic E-state index is 12.1. The summed E-state index contributed by atoms with van der Waals surface area (Å²) < 4.78 is 0. The van der Waals surface area contributed by atoms with E-state index < -0.39 is 0 Å². The van der Waals surface area contributed by atoms with Gasteiger partial charge in [-0.3, -0.25) is 20.5 Å². The van der Waals surface area contributed by atoms with Gasteiger partial charge in [-0.2, -0.15) is 0 Å². The van der Waals surface area contributed by atoms with Crippen LogP contribution >= 0.6 is 11.6 Å². The molecule has 2 aliphatic rings. The number of benzene rings is 1. The zero-order chi connectivity index (χ0) is 15.5. The van der Waals surface area contributed by atoms with Gasteiger partial charge in [0.15, 0.2) is 0 Å². The summed E-state index contributed by atoms with van der Waals surface area (Å²) in [7, 11) is 1.70. The van der Waals surface area contributed by atoms with E-state index in [2.05, 4.69) is 27.1 Å². The number of hydrazine groups is 1. The van der Waals surface area contributed by atoms with Crippen molar-refractivity contribution in [3.8, 4) is 0 Å². The van der Waals surface area contributed by atoms with Gasteiger partial charge in [0.25, 0.3) is 0 Å². The minimum Gasteiger partial charge on any atom is -0.359 e. The van der Waals surface area contributed by atoms with E-state index in [4.69, 9.17) is 11.6 Å². The summed E-state index contributed by atoms with van der Waals surface area (Å²) in [6.07, 6.45) is 2.29. The molecule has 22 heavy (non-hydrogen) atoms. The van der Waals surface area contributed by atoms with Crippen LogP contribution < -0.4 is 16.2 Å². The van der Waals surface area contributed by atoms with Crippen LogP contribution in [0.15, 0.2) is 24.3 Å². The van der Waals surface area contributed by atoms with Crippen LogP contribution in [0.5, 0.6) is 0 Å². The van der Waals surface area contributed by atoms with Crippen molar-refractivity contribution in [2.24, 2.45) is 5.92 Å². The van der Waals surface area contributed by atoms with E-state index in [1.165, 1.54) is 12.0 Å². The predicted molar refractivity (Wildman–Crippen MR) is 87.4 cm³/mol. The number of likely N-dealkylation sites (tertiary alicyclic amines) is 1. The molecule has 3 N–H and O–H groups in total. The van der Waals surface area contributed by atoms with Crippen molar-refractivity contribution in [3.05, 3.63) is 34.9 Å². The lowest BCUT2D eigenvalue weighted by Gasteiger charge is -2.31. The van der Waals surface area contributed by atoms with Crippen molar-refractivity contribution >= 4 is 17.5 Å². The van der Waals surface area contributed by atoms with Crippen LogP contribution in [0.4, 0.5) is 0 Å². The minimum absolute atomic E-state index is 0.0186. The van der Waals surface area contributed by atoms with Crippen molar-refractivity contribution in [2.75, 3.05) is 20.1 Å². The van der Waals surface area contributed by atoms with E-state index in [0.29, 0.717) is 12.6 Å². The van der Waals surface area contributed by atoms with Gasteiger partial charge in [0.05, 0.1) is 5.92 Å². The average molecular weight is 323 g/mol. The summed E-state index contributed by atoms with van der Waals surface area (Å²) in [5.41, 5.74) is 7.69. The smallest absolute Gasteiger partial charge is 0.225 e. The summed E-state index contributed by atoms with van der Waals surface area (Å²) in [6, 6.07) is 8.55. The van der Waals surface area contributed by atoms with Crippen LogP contribution in [0, 0.1) is 5.92 Å².